The third-order valence-corrected chi connectivity index (χ3v) is 2.96. The Morgan fingerprint density at radius 1 is 1.29 bits per heavy atom. The molecule has 21 heavy (non-hydrogen) atoms. The van der Waals surface area contributed by atoms with E-state index in [1.807, 2.05) is 49.3 Å². The zero-order valence-electron chi connectivity index (χ0n) is 12.6. The van der Waals surface area contributed by atoms with Crippen LogP contribution in [0.15, 0.2) is 43.0 Å². The number of likely N-dealkylation sites (N-methyl/N-ethyl adjacent to an activating group) is 1. The first-order valence-electron chi connectivity index (χ1n) is 6.92. The SMILES string of the molecule is C=CC(=O)N[C@H](Cc1ccccc1)C(=O)NCCN(C)C. The molecule has 1 rings (SSSR count). The molecule has 114 valence electrons. The predicted molar refractivity (Wildman–Crippen MR) is 83.8 cm³/mol. The molecule has 0 aromatic heterocycles. The van der Waals surface area contributed by atoms with Crippen LogP contribution in [0.25, 0.3) is 0 Å². The molecule has 0 aliphatic heterocycles. The second kappa shape index (κ2) is 8.92. The summed E-state index contributed by atoms with van der Waals surface area (Å²) < 4.78 is 0. The van der Waals surface area contributed by atoms with E-state index < -0.39 is 6.04 Å². The molecular weight excluding hydrogens is 266 g/mol. The summed E-state index contributed by atoms with van der Waals surface area (Å²) in [6.07, 6.45) is 1.62. The summed E-state index contributed by atoms with van der Waals surface area (Å²) in [4.78, 5) is 25.7. The first-order chi connectivity index (χ1) is 10.0. The monoisotopic (exact) mass is 289 g/mol. The molecule has 2 amide bonds. The number of hydrogen-bond acceptors (Lipinski definition) is 3. The molecule has 1 aromatic carbocycles. The van der Waals surface area contributed by atoms with E-state index in [0.29, 0.717) is 13.0 Å². The zero-order valence-corrected chi connectivity index (χ0v) is 12.6. The maximum atomic E-state index is 12.2. The van der Waals surface area contributed by atoms with Crippen molar-refractivity contribution in [3.8, 4) is 0 Å². The Labute approximate surface area is 126 Å². The van der Waals surface area contributed by atoms with Gasteiger partial charge in [-0.25, -0.2) is 0 Å². The van der Waals surface area contributed by atoms with Crippen LogP contribution in [-0.2, 0) is 16.0 Å². The van der Waals surface area contributed by atoms with Crippen molar-refractivity contribution in [2.75, 3.05) is 27.2 Å². The highest BCUT2D eigenvalue weighted by Gasteiger charge is 2.19. The first-order valence-corrected chi connectivity index (χ1v) is 6.92. The first kappa shape index (κ1) is 16.9. The largest absolute Gasteiger partial charge is 0.353 e. The summed E-state index contributed by atoms with van der Waals surface area (Å²) >= 11 is 0. The van der Waals surface area contributed by atoms with Gasteiger partial charge in [0.25, 0.3) is 0 Å². The fraction of sp³-hybridized carbons (Fsp3) is 0.375. The number of nitrogens with zero attached hydrogens (tertiary/aromatic N) is 1. The Balaban J connectivity index is 2.65. The lowest BCUT2D eigenvalue weighted by Crippen LogP contribution is -2.48. The van der Waals surface area contributed by atoms with Crippen molar-refractivity contribution in [2.45, 2.75) is 12.5 Å². The minimum Gasteiger partial charge on any atom is -0.353 e. The van der Waals surface area contributed by atoms with Crippen molar-refractivity contribution >= 4 is 11.8 Å². The van der Waals surface area contributed by atoms with Crippen molar-refractivity contribution < 1.29 is 9.59 Å². The molecule has 0 aliphatic carbocycles. The number of hydrogen-bond donors (Lipinski definition) is 2. The lowest BCUT2D eigenvalue weighted by molar-refractivity contribution is -0.127. The van der Waals surface area contributed by atoms with Crippen molar-refractivity contribution in [1.29, 1.82) is 0 Å². The van der Waals surface area contributed by atoms with Crippen LogP contribution in [0.1, 0.15) is 5.56 Å². The number of benzene rings is 1. The van der Waals surface area contributed by atoms with Gasteiger partial charge in [-0.15, -0.1) is 0 Å². The van der Waals surface area contributed by atoms with Gasteiger partial charge in [-0.05, 0) is 25.7 Å². The normalized spacial score (nSPS) is 11.8. The van der Waals surface area contributed by atoms with Gasteiger partial charge < -0.3 is 15.5 Å². The van der Waals surface area contributed by atoms with E-state index in [2.05, 4.69) is 17.2 Å². The van der Waals surface area contributed by atoms with Crippen LogP contribution in [-0.4, -0.2) is 49.9 Å². The summed E-state index contributed by atoms with van der Waals surface area (Å²) in [7, 11) is 3.88. The van der Waals surface area contributed by atoms with Crippen LogP contribution in [0.3, 0.4) is 0 Å². The third-order valence-electron chi connectivity index (χ3n) is 2.96. The van der Waals surface area contributed by atoms with Crippen LogP contribution < -0.4 is 10.6 Å². The second-order valence-corrected chi connectivity index (χ2v) is 5.05. The standard InChI is InChI=1S/C16H23N3O2/c1-4-15(20)18-14(12-13-8-6-5-7-9-13)16(21)17-10-11-19(2)3/h4-9,14H,1,10-12H2,2-3H3,(H,17,21)(H,18,20)/t14-/m1/s1. The second-order valence-electron chi connectivity index (χ2n) is 5.05. The highest BCUT2D eigenvalue weighted by atomic mass is 16.2. The molecule has 0 fully saturated rings. The quantitative estimate of drug-likeness (QED) is 0.688. The van der Waals surface area contributed by atoms with E-state index >= 15 is 0 Å². The number of amides is 2. The van der Waals surface area contributed by atoms with E-state index in [1.165, 1.54) is 6.08 Å². The molecule has 0 bridgehead atoms. The van der Waals surface area contributed by atoms with Crippen LogP contribution in [0.4, 0.5) is 0 Å². The fourth-order valence-corrected chi connectivity index (χ4v) is 1.82. The topological polar surface area (TPSA) is 61.4 Å². The smallest absolute Gasteiger partial charge is 0.244 e. The average molecular weight is 289 g/mol. The maximum Gasteiger partial charge on any atom is 0.244 e. The fourth-order valence-electron chi connectivity index (χ4n) is 1.82. The van der Waals surface area contributed by atoms with Gasteiger partial charge in [0.15, 0.2) is 0 Å². The summed E-state index contributed by atoms with van der Waals surface area (Å²) in [5, 5.41) is 5.50. The molecule has 1 atom stereocenters. The van der Waals surface area contributed by atoms with Crippen molar-refractivity contribution in [3.63, 3.8) is 0 Å². The van der Waals surface area contributed by atoms with E-state index in [-0.39, 0.29) is 11.8 Å². The van der Waals surface area contributed by atoms with Gasteiger partial charge in [0.2, 0.25) is 11.8 Å². The third kappa shape index (κ3) is 6.72. The van der Waals surface area contributed by atoms with Gasteiger partial charge in [0, 0.05) is 19.5 Å². The predicted octanol–water partition coefficient (Wildman–Crippen LogP) is 0.578. The number of rotatable bonds is 8. The lowest BCUT2D eigenvalue weighted by atomic mass is 10.1. The van der Waals surface area contributed by atoms with E-state index in [4.69, 9.17) is 0 Å². The number of carbonyl (C=O) groups is 2. The molecule has 0 saturated heterocycles. The molecule has 0 heterocycles. The van der Waals surface area contributed by atoms with Crippen molar-refractivity contribution in [2.24, 2.45) is 0 Å². The molecule has 5 nitrogen and oxygen atoms in total. The molecule has 0 radical (unpaired) electrons. The van der Waals surface area contributed by atoms with E-state index in [9.17, 15) is 9.59 Å². The Bertz CT molecular complexity index is 472. The van der Waals surface area contributed by atoms with E-state index in [0.717, 1.165) is 12.1 Å². The van der Waals surface area contributed by atoms with E-state index in [1.54, 1.807) is 0 Å². The average Bonchev–Trinajstić information content (AvgIpc) is 2.47. The maximum absolute atomic E-state index is 12.2. The van der Waals surface area contributed by atoms with Gasteiger partial charge >= 0.3 is 0 Å². The molecule has 1 aromatic rings. The van der Waals surface area contributed by atoms with Gasteiger partial charge in [-0.1, -0.05) is 36.9 Å². The van der Waals surface area contributed by atoms with Crippen molar-refractivity contribution in [1.82, 2.24) is 15.5 Å². The van der Waals surface area contributed by atoms with Crippen molar-refractivity contribution in [3.05, 3.63) is 48.6 Å². The number of nitrogens with one attached hydrogen (secondary N) is 2. The lowest BCUT2D eigenvalue weighted by Gasteiger charge is -2.18. The summed E-state index contributed by atoms with van der Waals surface area (Å²) in [6.45, 7) is 4.71. The van der Waals surface area contributed by atoms with Gasteiger partial charge in [0.1, 0.15) is 6.04 Å². The molecule has 0 spiro atoms. The molecule has 0 saturated carbocycles. The minimum absolute atomic E-state index is 0.184. The Morgan fingerprint density at radius 3 is 2.52 bits per heavy atom. The highest BCUT2D eigenvalue weighted by molar-refractivity contribution is 5.92. The zero-order chi connectivity index (χ0) is 15.7. The van der Waals surface area contributed by atoms with Gasteiger partial charge in [-0.2, -0.15) is 0 Å². The minimum atomic E-state index is -0.597. The van der Waals surface area contributed by atoms with Crippen LogP contribution in [0.2, 0.25) is 0 Å². The molecule has 5 heteroatoms. The summed E-state index contributed by atoms with van der Waals surface area (Å²) in [6, 6.07) is 9.00. The van der Waals surface area contributed by atoms with Crippen LogP contribution in [0.5, 0.6) is 0 Å². The summed E-state index contributed by atoms with van der Waals surface area (Å²) in [5.74, 6) is -0.533. The highest BCUT2D eigenvalue weighted by Crippen LogP contribution is 2.03. The molecular formula is C16H23N3O2. The number of carbonyl (C=O) groups excluding carboxylic acids is 2. The molecule has 0 unspecified atom stereocenters. The van der Waals surface area contributed by atoms with Gasteiger partial charge in [0.05, 0.1) is 0 Å². The Hall–Kier alpha value is -2.14. The van der Waals surface area contributed by atoms with Crippen LogP contribution in [0, 0.1) is 0 Å². The Morgan fingerprint density at radius 2 is 1.95 bits per heavy atom. The molecule has 2 N–H and O–H groups in total. The van der Waals surface area contributed by atoms with Crippen LogP contribution >= 0.6 is 0 Å². The van der Waals surface area contributed by atoms with Gasteiger partial charge in [-0.3, -0.25) is 9.59 Å². The Kier molecular flexibility index (Phi) is 7.18. The molecule has 0 aliphatic rings. The summed E-state index contributed by atoms with van der Waals surface area (Å²) in [5.41, 5.74) is 0.995.